The molecule has 0 spiro atoms. The maximum Gasteiger partial charge on any atom is 0.100 e. The number of hydrogen-bond donors (Lipinski definition) is 0. The zero-order valence-electron chi connectivity index (χ0n) is 14.8. The quantitative estimate of drug-likeness (QED) is 0.674. The molecule has 0 bridgehead atoms. The summed E-state index contributed by atoms with van der Waals surface area (Å²) in [6.07, 6.45) is 6.41. The van der Waals surface area contributed by atoms with E-state index in [1.807, 2.05) is 12.1 Å². The lowest BCUT2D eigenvalue weighted by atomic mass is 10.1. The molecule has 0 aliphatic rings. The summed E-state index contributed by atoms with van der Waals surface area (Å²) in [5.41, 5.74) is 2.47. The van der Waals surface area contributed by atoms with Crippen molar-refractivity contribution >= 4 is 0 Å². The van der Waals surface area contributed by atoms with Crippen LogP contribution in [0.5, 0.6) is 0 Å². The Bertz CT molecular complexity index is 1150. The van der Waals surface area contributed by atoms with Gasteiger partial charge in [-0.2, -0.15) is 10.5 Å². The number of nitriles is 2. The van der Waals surface area contributed by atoms with Gasteiger partial charge in [-0.1, -0.05) is 59.8 Å². The van der Waals surface area contributed by atoms with Gasteiger partial charge in [0, 0.05) is 11.1 Å². The summed E-state index contributed by atoms with van der Waals surface area (Å²) in [5.74, 6) is 22.3. The molecule has 0 radical (unpaired) electrons. The Morgan fingerprint density at radius 3 is 1.25 bits per heavy atom. The van der Waals surface area contributed by atoms with Crippen LogP contribution in [0.4, 0.5) is 0 Å². The maximum absolute atomic E-state index is 8.98. The third-order valence-corrected chi connectivity index (χ3v) is 3.22. The molecule has 0 unspecified atom stereocenters. The largest absolute Gasteiger partial charge is 0.192 e. The first kappa shape index (κ1) is 19.5. The molecule has 28 heavy (non-hydrogen) atoms. The highest BCUT2D eigenvalue weighted by atomic mass is 14.2. The molecule has 0 heterocycles. The Kier molecular flexibility index (Phi) is 8.10. The molecule has 2 rings (SSSR count). The minimum atomic E-state index is 0.548. The van der Waals surface area contributed by atoms with Crippen LogP contribution in [0, 0.1) is 70.0 Å². The van der Waals surface area contributed by atoms with Gasteiger partial charge in [0.05, 0.1) is 11.1 Å². The first-order valence-corrected chi connectivity index (χ1v) is 8.17. The van der Waals surface area contributed by atoms with Crippen molar-refractivity contribution in [1.29, 1.82) is 10.5 Å². The lowest BCUT2D eigenvalue weighted by Gasteiger charge is -1.91. The summed E-state index contributed by atoms with van der Waals surface area (Å²) >= 11 is 0. The van der Waals surface area contributed by atoms with Crippen LogP contribution < -0.4 is 0 Å². The molecule has 0 aliphatic carbocycles. The Balaban J connectivity index is 1.88. The number of rotatable bonds is 0. The predicted molar refractivity (Wildman–Crippen MR) is 110 cm³/mol. The van der Waals surface area contributed by atoms with Gasteiger partial charge in [-0.15, -0.1) is 0 Å². The Labute approximate surface area is 165 Å². The standard InChI is InChI=1S/C26H12N2/c27-21-25-19-13-11-17-23(25)15-9-7-5-3-1-2-4-6-8-10-16-24-18-12-14-20-26(24)22-28/h5-8,11-14,17-20H/b7-5-,8-6-. The van der Waals surface area contributed by atoms with Crippen molar-refractivity contribution in [3.05, 3.63) is 95.1 Å². The Morgan fingerprint density at radius 1 is 0.500 bits per heavy atom. The van der Waals surface area contributed by atoms with Gasteiger partial charge in [0.1, 0.15) is 12.1 Å². The molecular formula is C26H12N2. The second-order valence-electron chi connectivity index (χ2n) is 5.06. The monoisotopic (exact) mass is 352 g/mol. The second-order valence-corrected chi connectivity index (χ2v) is 5.06. The fraction of sp³-hybridized carbons (Fsp3) is 0. The van der Waals surface area contributed by atoms with Crippen molar-refractivity contribution < 1.29 is 0 Å². The van der Waals surface area contributed by atoms with E-state index in [4.69, 9.17) is 10.5 Å². The van der Waals surface area contributed by atoms with Crippen LogP contribution in [0.1, 0.15) is 22.3 Å². The molecule has 0 fully saturated rings. The summed E-state index contributed by atoms with van der Waals surface area (Å²) in [4.78, 5) is 0. The molecule has 0 saturated carbocycles. The molecule has 126 valence electrons. The highest BCUT2D eigenvalue weighted by Crippen LogP contribution is 2.05. The van der Waals surface area contributed by atoms with E-state index in [1.54, 1.807) is 60.7 Å². The van der Waals surface area contributed by atoms with Crippen LogP contribution in [-0.4, -0.2) is 0 Å². The Morgan fingerprint density at radius 2 is 0.857 bits per heavy atom. The average molecular weight is 352 g/mol. The fourth-order valence-corrected chi connectivity index (χ4v) is 1.94. The molecule has 2 aromatic carbocycles. The first-order chi connectivity index (χ1) is 13.8. The average Bonchev–Trinajstić information content (AvgIpc) is 2.75. The number of benzene rings is 2. The summed E-state index contributed by atoms with van der Waals surface area (Å²) in [5, 5.41) is 18.0. The highest BCUT2D eigenvalue weighted by Gasteiger charge is 1.95. The molecule has 2 nitrogen and oxygen atoms in total. The zero-order valence-corrected chi connectivity index (χ0v) is 14.8. The van der Waals surface area contributed by atoms with Gasteiger partial charge in [0.25, 0.3) is 0 Å². The van der Waals surface area contributed by atoms with E-state index in [-0.39, 0.29) is 0 Å². The summed E-state index contributed by atoms with van der Waals surface area (Å²) < 4.78 is 0. The van der Waals surface area contributed by atoms with Gasteiger partial charge in [0.15, 0.2) is 0 Å². The van der Waals surface area contributed by atoms with E-state index in [0.717, 1.165) is 0 Å². The minimum Gasteiger partial charge on any atom is -0.192 e. The SMILES string of the molecule is N#Cc1ccccc1C#C/C=C\C#CC#C/C=C\C#Cc1ccccc1C#N. The van der Waals surface area contributed by atoms with Crippen molar-refractivity contribution in [3.8, 4) is 59.5 Å². The molecule has 0 saturated heterocycles. The minimum absolute atomic E-state index is 0.548. The lowest BCUT2D eigenvalue weighted by molar-refractivity contribution is 1.47. The summed E-state index contributed by atoms with van der Waals surface area (Å²) in [6.45, 7) is 0. The Hall–Kier alpha value is -4.86. The van der Waals surface area contributed by atoms with Crippen molar-refractivity contribution in [1.82, 2.24) is 0 Å². The number of nitrogens with zero attached hydrogens (tertiary/aromatic N) is 2. The van der Waals surface area contributed by atoms with Gasteiger partial charge in [-0.25, -0.2) is 0 Å². The van der Waals surface area contributed by atoms with E-state index >= 15 is 0 Å². The van der Waals surface area contributed by atoms with E-state index in [1.165, 1.54) is 0 Å². The fourth-order valence-electron chi connectivity index (χ4n) is 1.94. The van der Waals surface area contributed by atoms with Crippen molar-refractivity contribution in [3.63, 3.8) is 0 Å². The molecule has 0 aliphatic heterocycles. The first-order valence-electron chi connectivity index (χ1n) is 8.17. The number of allylic oxidation sites excluding steroid dienone is 4. The van der Waals surface area contributed by atoms with E-state index < -0.39 is 0 Å². The topological polar surface area (TPSA) is 47.6 Å². The number of hydrogen-bond acceptors (Lipinski definition) is 2. The lowest BCUT2D eigenvalue weighted by Crippen LogP contribution is -1.80. The smallest absolute Gasteiger partial charge is 0.100 e. The highest BCUT2D eigenvalue weighted by molar-refractivity contribution is 5.50. The molecular weight excluding hydrogens is 340 g/mol. The van der Waals surface area contributed by atoms with Crippen molar-refractivity contribution in [2.75, 3.05) is 0 Å². The van der Waals surface area contributed by atoms with Gasteiger partial charge in [-0.3, -0.25) is 0 Å². The van der Waals surface area contributed by atoms with Crippen LogP contribution in [0.25, 0.3) is 0 Å². The molecule has 2 aromatic rings. The van der Waals surface area contributed by atoms with E-state index in [9.17, 15) is 0 Å². The van der Waals surface area contributed by atoms with Crippen LogP contribution in [0.2, 0.25) is 0 Å². The van der Waals surface area contributed by atoms with Gasteiger partial charge in [0.2, 0.25) is 0 Å². The van der Waals surface area contributed by atoms with Crippen LogP contribution in [-0.2, 0) is 0 Å². The third-order valence-electron chi connectivity index (χ3n) is 3.22. The molecule has 0 atom stereocenters. The van der Waals surface area contributed by atoms with Crippen molar-refractivity contribution in [2.24, 2.45) is 0 Å². The molecule has 2 heteroatoms. The third kappa shape index (κ3) is 6.57. The summed E-state index contributed by atoms with van der Waals surface area (Å²) in [7, 11) is 0. The van der Waals surface area contributed by atoms with Gasteiger partial charge in [-0.05, 0) is 60.4 Å². The molecule has 0 N–H and O–H groups in total. The second kappa shape index (κ2) is 11.7. The van der Waals surface area contributed by atoms with Crippen LogP contribution >= 0.6 is 0 Å². The zero-order chi connectivity index (χ0) is 19.9. The normalized spacial score (nSPS) is 8.64. The van der Waals surface area contributed by atoms with E-state index in [2.05, 4.69) is 59.5 Å². The predicted octanol–water partition coefficient (Wildman–Crippen LogP) is 3.95. The van der Waals surface area contributed by atoms with E-state index in [0.29, 0.717) is 22.3 Å². The van der Waals surface area contributed by atoms with Crippen molar-refractivity contribution in [2.45, 2.75) is 0 Å². The maximum atomic E-state index is 8.98. The summed E-state index contributed by atoms with van der Waals surface area (Å²) in [6, 6.07) is 18.5. The van der Waals surface area contributed by atoms with Gasteiger partial charge >= 0.3 is 0 Å². The molecule has 0 amide bonds. The van der Waals surface area contributed by atoms with Crippen LogP contribution in [0.15, 0.2) is 72.8 Å². The molecule has 0 aromatic heterocycles. The van der Waals surface area contributed by atoms with Gasteiger partial charge < -0.3 is 0 Å². The van der Waals surface area contributed by atoms with Crippen LogP contribution in [0.3, 0.4) is 0 Å².